The maximum Gasteiger partial charge on any atom is 0.303 e. The van der Waals surface area contributed by atoms with Gasteiger partial charge in [0, 0.05) is 25.6 Å². The highest BCUT2D eigenvalue weighted by Gasteiger charge is 2.08. The Bertz CT molecular complexity index is 717. The van der Waals surface area contributed by atoms with Crippen molar-refractivity contribution in [3.63, 3.8) is 0 Å². The lowest BCUT2D eigenvalue weighted by Crippen LogP contribution is -2.24. The minimum Gasteiger partial charge on any atom is -0.481 e. The van der Waals surface area contributed by atoms with Crippen LogP contribution in [-0.2, 0) is 11.8 Å². The summed E-state index contributed by atoms with van der Waals surface area (Å²) >= 11 is 5.12. The van der Waals surface area contributed by atoms with Crippen molar-refractivity contribution in [2.45, 2.75) is 12.8 Å². The van der Waals surface area contributed by atoms with Crippen LogP contribution in [0.1, 0.15) is 23.2 Å². The Labute approximate surface area is 120 Å². The molecule has 0 bridgehead atoms. The number of aromatic nitrogens is 2. The molecule has 0 fully saturated rings. The van der Waals surface area contributed by atoms with Crippen LogP contribution < -0.4 is 5.32 Å². The molecule has 1 amide bonds. The Morgan fingerprint density at radius 2 is 2.20 bits per heavy atom. The van der Waals surface area contributed by atoms with Crippen molar-refractivity contribution in [2.24, 2.45) is 7.05 Å². The lowest BCUT2D eigenvalue weighted by molar-refractivity contribution is -0.137. The van der Waals surface area contributed by atoms with Crippen molar-refractivity contribution in [3.8, 4) is 0 Å². The number of carboxylic acid groups (broad SMARTS) is 1. The number of aryl methyl sites for hydroxylation is 1. The summed E-state index contributed by atoms with van der Waals surface area (Å²) in [5, 5.41) is 11.2. The molecule has 0 atom stereocenters. The third-order valence-electron chi connectivity index (χ3n) is 3.02. The Balaban J connectivity index is 2.07. The van der Waals surface area contributed by atoms with Gasteiger partial charge in [-0.3, -0.25) is 9.59 Å². The quantitative estimate of drug-likeness (QED) is 0.580. The van der Waals surface area contributed by atoms with Gasteiger partial charge >= 0.3 is 5.97 Å². The first kappa shape index (κ1) is 14.3. The second-order valence-corrected chi connectivity index (χ2v) is 4.86. The summed E-state index contributed by atoms with van der Waals surface area (Å²) in [6.45, 7) is 0.341. The van der Waals surface area contributed by atoms with Gasteiger partial charge in [0.2, 0.25) is 0 Å². The van der Waals surface area contributed by atoms with E-state index in [1.807, 2.05) is 17.7 Å². The number of amides is 1. The van der Waals surface area contributed by atoms with Gasteiger partial charge in [0.05, 0.1) is 11.0 Å². The van der Waals surface area contributed by atoms with Gasteiger partial charge in [0.1, 0.15) is 0 Å². The molecule has 0 aliphatic heterocycles. The topological polar surface area (TPSA) is 87.1 Å². The highest BCUT2D eigenvalue weighted by Crippen LogP contribution is 2.14. The van der Waals surface area contributed by atoms with E-state index in [4.69, 9.17) is 17.3 Å². The van der Waals surface area contributed by atoms with Gasteiger partial charge in [-0.15, -0.1) is 0 Å². The van der Waals surface area contributed by atoms with Crippen LogP contribution in [-0.4, -0.2) is 33.1 Å². The fourth-order valence-corrected chi connectivity index (χ4v) is 2.13. The fourth-order valence-electron chi connectivity index (χ4n) is 1.92. The molecule has 0 aliphatic carbocycles. The van der Waals surface area contributed by atoms with Gasteiger partial charge in [-0.25, -0.2) is 0 Å². The van der Waals surface area contributed by atoms with Gasteiger partial charge in [0.25, 0.3) is 5.91 Å². The molecule has 1 aromatic carbocycles. The number of aromatic amines is 1. The zero-order chi connectivity index (χ0) is 14.7. The summed E-state index contributed by atoms with van der Waals surface area (Å²) in [5.74, 6) is -1.09. The molecule has 1 aromatic heterocycles. The van der Waals surface area contributed by atoms with E-state index in [-0.39, 0.29) is 12.3 Å². The predicted molar refractivity (Wildman–Crippen MR) is 77.3 cm³/mol. The zero-order valence-corrected chi connectivity index (χ0v) is 11.8. The van der Waals surface area contributed by atoms with Crippen LogP contribution in [0.3, 0.4) is 0 Å². The Hall–Kier alpha value is -2.15. The van der Waals surface area contributed by atoms with Crippen LogP contribution in [0, 0.1) is 4.77 Å². The number of benzene rings is 1. The normalized spacial score (nSPS) is 10.7. The van der Waals surface area contributed by atoms with E-state index in [9.17, 15) is 9.59 Å². The summed E-state index contributed by atoms with van der Waals surface area (Å²) in [5.41, 5.74) is 2.25. The Kier molecular flexibility index (Phi) is 4.19. The molecule has 20 heavy (non-hydrogen) atoms. The maximum absolute atomic E-state index is 11.9. The molecule has 7 heteroatoms. The van der Waals surface area contributed by atoms with Crippen LogP contribution in [0.4, 0.5) is 0 Å². The summed E-state index contributed by atoms with van der Waals surface area (Å²) in [6, 6.07) is 5.28. The van der Waals surface area contributed by atoms with Gasteiger partial charge in [-0.1, -0.05) is 0 Å². The number of hydrogen-bond donors (Lipinski definition) is 3. The lowest BCUT2D eigenvalue weighted by atomic mass is 10.2. The minimum atomic E-state index is -0.863. The van der Waals surface area contributed by atoms with Gasteiger partial charge in [0.15, 0.2) is 4.77 Å². The number of carbonyl (C=O) groups excluding carboxylic acids is 1. The van der Waals surface area contributed by atoms with E-state index in [2.05, 4.69) is 10.3 Å². The maximum atomic E-state index is 11.9. The fraction of sp³-hybridized carbons (Fsp3) is 0.308. The number of fused-ring (bicyclic) bond motifs is 1. The number of imidazole rings is 1. The number of H-pyrrole nitrogens is 1. The van der Waals surface area contributed by atoms with Crippen LogP contribution in [0.2, 0.25) is 0 Å². The molecule has 0 unspecified atom stereocenters. The Morgan fingerprint density at radius 3 is 2.90 bits per heavy atom. The highest BCUT2D eigenvalue weighted by molar-refractivity contribution is 7.71. The predicted octanol–water partition coefficient (Wildman–Crippen LogP) is 1.83. The lowest BCUT2D eigenvalue weighted by Gasteiger charge is -2.04. The number of hydrogen-bond acceptors (Lipinski definition) is 3. The van der Waals surface area contributed by atoms with Crippen LogP contribution in [0.15, 0.2) is 18.2 Å². The van der Waals surface area contributed by atoms with E-state index in [0.717, 1.165) is 11.0 Å². The van der Waals surface area contributed by atoms with Gasteiger partial charge in [-0.2, -0.15) is 0 Å². The SMILES string of the molecule is Cn1c(=S)[nH]c2cc(C(=O)NCCCC(=O)O)ccc21. The smallest absolute Gasteiger partial charge is 0.303 e. The molecule has 106 valence electrons. The summed E-state index contributed by atoms with van der Waals surface area (Å²) in [4.78, 5) is 25.3. The van der Waals surface area contributed by atoms with Crippen molar-refractivity contribution >= 4 is 35.1 Å². The third kappa shape index (κ3) is 3.05. The second kappa shape index (κ2) is 5.87. The number of carbonyl (C=O) groups is 2. The first-order valence-electron chi connectivity index (χ1n) is 6.18. The van der Waals surface area contributed by atoms with Crippen molar-refractivity contribution in [1.29, 1.82) is 0 Å². The van der Waals surface area contributed by atoms with Gasteiger partial charge in [-0.05, 0) is 36.8 Å². The van der Waals surface area contributed by atoms with Gasteiger partial charge < -0.3 is 20.0 Å². The number of nitrogens with one attached hydrogen (secondary N) is 2. The molecular weight excluding hydrogens is 278 g/mol. The molecule has 3 N–H and O–H groups in total. The van der Waals surface area contributed by atoms with Crippen molar-refractivity contribution in [2.75, 3.05) is 6.54 Å². The number of aliphatic carboxylic acids is 1. The van der Waals surface area contributed by atoms with E-state index in [1.165, 1.54) is 0 Å². The Morgan fingerprint density at radius 1 is 1.45 bits per heavy atom. The van der Waals surface area contributed by atoms with Crippen molar-refractivity contribution in [3.05, 3.63) is 28.5 Å². The molecular formula is C13H15N3O3S. The second-order valence-electron chi connectivity index (χ2n) is 4.47. The molecule has 0 radical (unpaired) electrons. The summed E-state index contributed by atoms with van der Waals surface area (Å²) in [7, 11) is 1.85. The van der Waals surface area contributed by atoms with Crippen LogP contribution >= 0.6 is 12.2 Å². The first-order chi connectivity index (χ1) is 9.49. The van der Waals surface area contributed by atoms with Crippen LogP contribution in [0.25, 0.3) is 11.0 Å². The van der Waals surface area contributed by atoms with Crippen molar-refractivity contribution < 1.29 is 14.7 Å². The molecule has 0 spiro atoms. The average Bonchev–Trinajstić information content (AvgIpc) is 2.69. The largest absolute Gasteiger partial charge is 0.481 e. The molecule has 2 rings (SSSR count). The van der Waals surface area contributed by atoms with E-state index in [1.54, 1.807) is 12.1 Å². The van der Waals surface area contributed by atoms with E-state index >= 15 is 0 Å². The zero-order valence-electron chi connectivity index (χ0n) is 11.0. The van der Waals surface area contributed by atoms with Crippen molar-refractivity contribution in [1.82, 2.24) is 14.9 Å². The van der Waals surface area contributed by atoms with Crippen LogP contribution in [0.5, 0.6) is 0 Å². The molecule has 0 saturated heterocycles. The molecule has 2 aromatic rings. The van der Waals surface area contributed by atoms with E-state index in [0.29, 0.717) is 23.3 Å². The monoisotopic (exact) mass is 293 g/mol. The van der Waals surface area contributed by atoms with E-state index < -0.39 is 5.97 Å². The first-order valence-corrected chi connectivity index (χ1v) is 6.58. The average molecular weight is 293 g/mol. The molecule has 0 aliphatic rings. The standard InChI is InChI=1S/C13H15N3O3S/c1-16-10-5-4-8(7-9(10)15-13(16)20)12(19)14-6-2-3-11(17)18/h4-5,7H,2-3,6H2,1H3,(H,14,19)(H,15,20)(H,17,18). The summed E-state index contributed by atoms with van der Waals surface area (Å²) < 4.78 is 2.43. The number of carboxylic acids is 1. The third-order valence-corrected chi connectivity index (χ3v) is 3.40. The molecule has 0 saturated carbocycles. The molecule has 1 heterocycles. The number of nitrogens with zero attached hydrogens (tertiary/aromatic N) is 1. The minimum absolute atomic E-state index is 0.0467. The summed E-state index contributed by atoms with van der Waals surface area (Å²) in [6.07, 6.45) is 0.460. The molecule has 6 nitrogen and oxygen atoms in total. The number of rotatable bonds is 5. The highest BCUT2D eigenvalue weighted by atomic mass is 32.1.